The molecule has 0 spiro atoms. The minimum atomic E-state index is -0.677. The van der Waals surface area contributed by atoms with Crippen LogP contribution in [0.2, 0.25) is 10.6 Å². The number of carbonyl (C=O) groups is 1. The molecule has 0 bridgehead atoms. The average Bonchev–Trinajstić information content (AvgIpc) is 2.23. The van der Waals surface area contributed by atoms with Crippen LogP contribution in [0.5, 0.6) is 0 Å². The molecular weight excluding hydrogens is 310 g/mol. The van der Waals surface area contributed by atoms with Crippen molar-refractivity contribution in [2.75, 3.05) is 0 Å². The summed E-state index contributed by atoms with van der Waals surface area (Å²) in [4.78, 5) is 10.0. The van der Waals surface area contributed by atoms with Crippen molar-refractivity contribution in [1.82, 2.24) is 0 Å². The first-order valence-electron chi connectivity index (χ1n) is 7.97. The molecule has 0 unspecified atom stereocenters. The van der Waals surface area contributed by atoms with Crippen molar-refractivity contribution in [3.8, 4) is 0 Å². The van der Waals surface area contributed by atoms with Crippen molar-refractivity contribution in [3.05, 3.63) is 0 Å². The van der Waals surface area contributed by atoms with Crippen LogP contribution < -0.4 is 0 Å². The van der Waals surface area contributed by atoms with Gasteiger partial charge in [-0.15, -0.1) is 0 Å². The van der Waals surface area contributed by atoms with E-state index in [1.54, 1.807) is 0 Å². The summed E-state index contributed by atoms with van der Waals surface area (Å²) < 4.78 is 0. The van der Waals surface area contributed by atoms with Gasteiger partial charge in [-0.1, -0.05) is 76.8 Å². The zero-order valence-electron chi connectivity index (χ0n) is 15.4. The van der Waals surface area contributed by atoms with Crippen LogP contribution in [0.1, 0.15) is 68.7 Å². The predicted molar refractivity (Wildman–Crippen MR) is 88.5 cm³/mol. The molecule has 126 valence electrons. The summed E-state index contributed by atoms with van der Waals surface area (Å²) in [6.07, 6.45) is 3.34. The Balaban J connectivity index is -0.000000126. The second kappa shape index (κ2) is 17.5. The Labute approximate surface area is 144 Å². The van der Waals surface area contributed by atoms with Gasteiger partial charge < -0.3 is 6.53 Å². The van der Waals surface area contributed by atoms with Gasteiger partial charge in [0, 0.05) is 22.9 Å². The molecule has 4 heteroatoms. The van der Waals surface area contributed by atoms with Crippen LogP contribution in [0, 0.1) is 17.8 Å². The van der Waals surface area contributed by atoms with Gasteiger partial charge in [-0.25, -0.2) is 0 Å². The van der Waals surface area contributed by atoms with Gasteiger partial charge in [0.15, 0.2) is 0 Å². The van der Waals surface area contributed by atoms with E-state index in [1.165, 1.54) is 10.6 Å². The van der Waals surface area contributed by atoms with Crippen molar-refractivity contribution in [3.63, 3.8) is 0 Å². The summed E-state index contributed by atoms with van der Waals surface area (Å²) in [6.45, 7) is 13.6. The molecule has 0 aromatic rings. The van der Waals surface area contributed by atoms with E-state index < -0.39 is 5.97 Å². The maximum Gasteiger partial charge on any atom is 0.303 e. The van der Waals surface area contributed by atoms with E-state index in [0.717, 1.165) is 31.1 Å². The van der Waals surface area contributed by atoms with Crippen molar-refractivity contribution >= 4 is 21.2 Å². The van der Waals surface area contributed by atoms with Crippen molar-refractivity contribution in [2.24, 2.45) is 17.8 Å². The Kier molecular flexibility index (Phi) is 22.3. The van der Waals surface area contributed by atoms with Crippen LogP contribution in [0.15, 0.2) is 0 Å². The number of aliphatic carboxylic acids is 1. The van der Waals surface area contributed by atoms with Gasteiger partial charge in [-0.3, -0.25) is 4.79 Å². The summed E-state index contributed by atoms with van der Waals surface area (Å²) >= 11 is 0.316. The predicted octanol–water partition coefficient (Wildman–Crippen LogP) is 4.97. The van der Waals surface area contributed by atoms with Crippen molar-refractivity contribution in [2.45, 2.75) is 77.8 Å². The standard InChI is InChI=1S/C8H16O2.2C4H9.Al.Ni.2H/c1-7(2)5-3-4-6-8(9)10;2*1-4(2)3;;;;/h7H,3-6H2,1-2H3,(H,9,10);2*4H,1H2,2-3H3;;;;/q;;;;;;-1. The monoisotopic (exact) mass is 345 g/mol. The van der Waals surface area contributed by atoms with Gasteiger partial charge in [0.2, 0.25) is 15.2 Å². The number of hydrogen-bond donors (Lipinski definition) is 1. The van der Waals surface area contributed by atoms with Crippen LogP contribution in [0.25, 0.3) is 0 Å². The molecule has 0 saturated carbocycles. The summed E-state index contributed by atoms with van der Waals surface area (Å²) in [5.41, 5.74) is 0. The van der Waals surface area contributed by atoms with Crippen molar-refractivity contribution < 1.29 is 27.8 Å². The summed E-state index contributed by atoms with van der Waals surface area (Å²) in [5, 5.41) is 11.4. The van der Waals surface area contributed by atoms with Crippen LogP contribution in [0.4, 0.5) is 0 Å². The first-order valence-corrected chi connectivity index (χ1v) is 9.97. The molecule has 0 aliphatic rings. The number of hydrogen-bond acceptors (Lipinski definition) is 1. The average molecular weight is 346 g/mol. The Bertz CT molecular complexity index is 204. The fourth-order valence-electron chi connectivity index (χ4n) is 1.76. The fourth-order valence-corrected chi connectivity index (χ4v) is 3.63. The third-order valence-corrected chi connectivity index (χ3v) is 6.11. The number of carboxylic acid groups (broad SMARTS) is 1. The quantitative estimate of drug-likeness (QED) is 0.473. The Hall–Kier alpha value is 0.496. The number of rotatable bonds is 9. The third-order valence-electron chi connectivity index (χ3n) is 2.99. The van der Waals surface area contributed by atoms with E-state index >= 15 is 0 Å². The third kappa shape index (κ3) is 31.1. The molecule has 0 rings (SSSR count). The van der Waals surface area contributed by atoms with Gasteiger partial charge in [-0.2, -0.15) is 0 Å². The van der Waals surface area contributed by atoms with Crippen LogP contribution in [0.3, 0.4) is 0 Å². The molecule has 0 aliphatic carbocycles. The molecule has 0 amide bonds. The van der Waals surface area contributed by atoms with Gasteiger partial charge in [0.25, 0.3) is 0 Å². The van der Waals surface area contributed by atoms with E-state index in [1.807, 2.05) is 0 Å². The van der Waals surface area contributed by atoms with Gasteiger partial charge in [-0.05, 0) is 12.3 Å². The molecule has 0 aromatic carbocycles. The van der Waals surface area contributed by atoms with E-state index in [4.69, 9.17) is 5.11 Å². The zero-order valence-corrected chi connectivity index (χ0v) is 16.8. The minimum Gasteiger partial charge on any atom is -1.00 e. The van der Waals surface area contributed by atoms with Gasteiger partial charge >= 0.3 is 5.97 Å². The molecule has 0 aliphatic heterocycles. The molecule has 0 heterocycles. The van der Waals surface area contributed by atoms with E-state index in [9.17, 15) is 4.79 Å². The van der Waals surface area contributed by atoms with E-state index in [0.29, 0.717) is 27.6 Å². The smallest absolute Gasteiger partial charge is 0.303 e. The van der Waals surface area contributed by atoms with E-state index in [2.05, 4.69) is 41.5 Å². The van der Waals surface area contributed by atoms with Crippen molar-refractivity contribution in [1.29, 1.82) is 0 Å². The molecule has 0 aromatic heterocycles. The maximum absolute atomic E-state index is 10.0. The van der Waals surface area contributed by atoms with Gasteiger partial charge in [0.05, 0.1) is 0 Å². The molecule has 1 N–H and O–H groups in total. The SMILES string of the molecule is CC(C)CCCCC(=O)O.CC(C)[CH2][AlH][CH2]C(C)C.[H-].[Ni]. The molecule has 2 nitrogen and oxygen atoms in total. The number of unbranched alkanes of at least 4 members (excludes halogenated alkanes) is 1. The Morgan fingerprint density at radius 2 is 1.40 bits per heavy atom. The molecule has 20 heavy (non-hydrogen) atoms. The Morgan fingerprint density at radius 1 is 0.950 bits per heavy atom. The zero-order chi connectivity index (χ0) is 15.3. The molecular formula is C16H36AlNiO2-. The number of carboxylic acids is 1. The molecule has 0 radical (unpaired) electrons. The normalized spacial score (nSPS) is 10.1. The second-order valence-corrected chi connectivity index (χ2v) is 8.61. The molecule has 0 saturated heterocycles. The summed E-state index contributed by atoms with van der Waals surface area (Å²) in [7, 11) is 0. The molecule has 0 fully saturated rings. The second-order valence-electron chi connectivity index (χ2n) is 6.75. The fraction of sp³-hybridized carbons (Fsp3) is 0.938. The Morgan fingerprint density at radius 3 is 1.70 bits per heavy atom. The summed E-state index contributed by atoms with van der Waals surface area (Å²) in [5.74, 6) is 1.93. The summed E-state index contributed by atoms with van der Waals surface area (Å²) in [6, 6.07) is 0. The topological polar surface area (TPSA) is 37.3 Å². The first-order chi connectivity index (χ1) is 8.75. The van der Waals surface area contributed by atoms with Crippen LogP contribution >= 0.6 is 0 Å². The minimum absolute atomic E-state index is 0. The largest absolute Gasteiger partial charge is 1.00 e. The van der Waals surface area contributed by atoms with E-state index in [-0.39, 0.29) is 17.9 Å². The van der Waals surface area contributed by atoms with Crippen LogP contribution in [-0.2, 0) is 21.3 Å². The van der Waals surface area contributed by atoms with Gasteiger partial charge in [0.1, 0.15) is 0 Å². The first kappa shape index (κ1) is 25.4. The maximum atomic E-state index is 10.0. The van der Waals surface area contributed by atoms with Crippen LogP contribution in [-0.4, -0.2) is 26.3 Å². The molecule has 0 atom stereocenters.